The summed E-state index contributed by atoms with van der Waals surface area (Å²) < 4.78 is 29.9. The predicted octanol–water partition coefficient (Wildman–Crippen LogP) is 1.73. The number of nitrogens with zero attached hydrogens (tertiary/aromatic N) is 4. The predicted molar refractivity (Wildman–Crippen MR) is 95.9 cm³/mol. The van der Waals surface area contributed by atoms with Crippen LogP contribution in [0.5, 0.6) is 0 Å². The summed E-state index contributed by atoms with van der Waals surface area (Å²) in [7, 11) is -3.59. The highest BCUT2D eigenvalue weighted by atomic mass is 32.2. The summed E-state index contributed by atoms with van der Waals surface area (Å²) in [5, 5.41) is 2.24. The highest BCUT2D eigenvalue weighted by Crippen LogP contribution is 2.18. The number of rotatable bonds is 5. The summed E-state index contributed by atoms with van der Waals surface area (Å²) in [5.41, 5.74) is 3.54. The lowest BCUT2D eigenvalue weighted by Crippen LogP contribution is -2.44. The Bertz CT molecular complexity index is 944. The van der Waals surface area contributed by atoms with E-state index in [9.17, 15) is 8.42 Å². The van der Waals surface area contributed by atoms with Gasteiger partial charge in [0.05, 0.1) is 17.4 Å². The minimum atomic E-state index is -3.59. The molecule has 0 unspecified atom stereocenters. The summed E-state index contributed by atoms with van der Waals surface area (Å²) >= 11 is 1.60. The van der Waals surface area contributed by atoms with Crippen LogP contribution in [0, 0.1) is 0 Å². The number of hydrogen-bond donors (Lipinski definition) is 1. The van der Waals surface area contributed by atoms with Gasteiger partial charge in [-0.15, -0.1) is 11.3 Å². The van der Waals surface area contributed by atoms with E-state index < -0.39 is 10.0 Å². The minimum absolute atomic E-state index is 0.0500. The van der Waals surface area contributed by atoms with Gasteiger partial charge in [-0.25, -0.2) is 23.1 Å². The average Bonchev–Trinajstić information content (AvgIpc) is 3.26. The van der Waals surface area contributed by atoms with Crippen molar-refractivity contribution >= 4 is 27.0 Å². The zero-order valence-electron chi connectivity index (χ0n) is 13.6. The van der Waals surface area contributed by atoms with Crippen molar-refractivity contribution in [3.63, 3.8) is 0 Å². The molecule has 0 spiro atoms. The molecule has 25 heavy (non-hydrogen) atoms. The van der Waals surface area contributed by atoms with E-state index in [1.807, 2.05) is 11.6 Å². The quantitative estimate of drug-likeness (QED) is 0.733. The summed E-state index contributed by atoms with van der Waals surface area (Å²) in [6.45, 7) is 2.55. The number of fused-ring (bicyclic) bond motifs is 1. The van der Waals surface area contributed by atoms with E-state index in [1.165, 1.54) is 6.20 Å². The molecule has 1 aliphatic rings. The van der Waals surface area contributed by atoms with Crippen LogP contribution in [0.25, 0.3) is 5.65 Å². The fourth-order valence-corrected chi connectivity index (χ4v) is 5.09. The first-order valence-corrected chi connectivity index (χ1v) is 10.6. The molecule has 0 amide bonds. The number of imidazole rings is 1. The van der Waals surface area contributed by atoms with Gasteiger partial charge < -0.3 is 0 Å². The standard InChI is InChI=1S/C16H19N5O2S2/c22-25(23,16-9-17-15-3-1-2-6-21(15)16)19-13-4-7-20(8-5-13)10-14-11-24-12-18-14/h1-3,6,9,11-13,19H,4-5,7-8,10H2. The van der Waals surface area contributed by atoms with Crippen molar-refractivity contribution in [2.75, 3.05) is 13.1 Å². The second-order valence-corrected chi connectivity index (χ2v) is 8.56. The van der Waals surface area contributed by atoms with Gasteiger partial charge in [-0.05, 0) is 25.0 Å². The number of thiazole rings is 1. The zero-order valence-corrected chi connectivity index (χ0v) is 15.2. The van der Waals surface area contributed by atoms with E-state index in [4.69, 9.17) is 0 Å². The van der Waals surface area contributed by atoms with Crippen molar-refractivity contribution in [1.29, 1.82) is 0 Å². The van der Waals surface area contributed by atoms with E-state index in [2.05, 4.69) is 25.0 Å². The van der Waals surface area contributed by atoms with Crippen molar-refractivity contribution in [2.24, 2.45) is 0 Å². The monoisotopic (exact) mass is 377 g/mol. The molecule has 1 aliphatic heterocycles. The van der Waals surface area contributed by atoms with Crippen molar-refractivity contribution in [1.82, 2.24) is 24.0 Å². The Kier molecular flexibility index (Phi) is 4.55. The van der Waals surface area contributed by atoms with E-state index >= 15 is 0 Å². The Balaban J connectivity index is 1.40. The smallest absolute Gasteiger partial charge is 0.258 e. The van der Waals surface area contributed by atoms with Gasteiger partial charge in [0.25, 0.3) is 10.0 Å². The maximum absolute atomic E-state index is 12.7. The lowest BCUT2D eigenvalue weighted by atomic mass is 10.1. The minimum Gasteiger partial charge on any atom is -0.297 e. The summed E-state index contributed by atoms with van der Waals surface area (Å²) in [6.07, 6.45) is 4.71. The van der Waals surface area contributed by atoms with Crippen LogP contribution in [0.3, 0.4) is 0 Å². The number of likely N-dealkylation sites (tertiary alicyclic amines) is 1. The highest BCUT2D eigenvalue weighted by Gasteiger charge is 2.26. The number of nitrogens with one attached hydrogen (secondary N) is 1. The lowest BCUT2D eigenvalue weighted by molar-refractivity contribution is 0.198. The van der Waals surface area contributed by atoms with Gasteiger partial charge in [-0.1, -0.05) is 6.07 Å². The molecule has 9 heteroatoms. The zero-order chi connectivity index (χ0) is 17.3. The number of piperidine rings is 1. The van der Waals surface area contributed by atoms with E-state index in [0.717, 1.165) is 38.2 Å². The van der Waals surface area contributed by atoms with Gasteiger partial charge in [0.1, 0.15) is 5.65 Å². The van der Waals surface area contributed by atoms with Crippen LogP contribution in [0.1, 0.15) is 18.5 Å². The van der Waals surface area contributed by atoms with Crippen LogP contribution < -0.4 is 4.72 Å². The van der Waals surface area contributed by atoms with Gasteiger partial charge in [0, 0.05) is 37.3 Å². The molecule has 3 aromatic rings. The fraction of sp³-hybridized carbons (Fsp3) is 0.375. The molecule has 7 nitrogen and oxygen atoms in total. The van der Waals surface area contributed by atoms with E-state index in [0.29, 0.717) is 5.65 Å². The topological polar surface area (TPSA) is 79.6 Å². The third-order valence-electron chi connectivity index (χ3n) is 4.44. The summed E-state index contributed by atoms with van der Waals surface area (Å²) in [5.74, 6) is 0. The molecule has 0 aromatic carbocycles. The Morgan fingerprint density at radius 3 is 2.84 bits per heavy atom. The Morgan fingerprint density at radius 2 is 2.08 bits per heavy atom. The Labute approximate surface area is 150 Å². The largest absolute Gasteiger partial charge is 0.297 e. The number of aromatic nitrogens is 3. The maximum Gasteiger partial charge on any atom is 0.258 e. The molecule has 0 radical (unpaired) electrons. The number of pyridine rings is 1. The number of hydrogen-bond acceptors (Lipinski definition) is 6. The molecule has 3 aromatic heterocycles. The second kappa shape index (κ2) is 6.83. The lowest BCUT2D eigenvalue weighted by Gasteiger charge is -2.31. The van der Waals surface area contributed by atoms with Gasteiger partial charge >= 0.3 is 0 Å². The van der Waals surface area contributed by atoms with Crippen LogP contribution in [0.15, 0.2) is 46.5 Å². The van der Waals surface area contributed by atoms with Crippen LogP contribution in [0.4, 0.5) is 0 Å². The van der Waals surface area contributed by atoms with Crippen molar-refractivity contribution in [3.8, 4) is 0 Å². The molecule has 1 fully saturated rings. The van der Waals surface area contributed by atoms with Crippen molar-refractivity contribution < 1.29 is 8.42 Å². The van der Waals surface area contributed by atoms with Gasteiger partial charge in [0.15, 0.2) is 5.03 Å². The number of sulfonamides is 1. The third-order valence-corrected chi connectivity index (χ3v) is 6.57. The van der Waals surface area contributed by atoms with Crippen molar-refractivity contribution in [2.45, 2.75) is 30.5 Å². The molecule has 0 aliphatic carbocycles. The molecule has 4 rings (SSSR count). The first-order valence-electron chi connectivity index (χ1n) is 8.16. The molecule has 132 valence electrons. The van der Waals surface area contributed by atoms with Gasteiger partial charge in [0.2, 0.25) is 0 Å². The van der Waals surface area contributed by atoms with E-state index in [-0.39, 0.29) is 11.1 Å². The average molecular weight is 377 g/mol. The normalized spacial score (nSPS) is 17.3. The second-order valence-electron chi connectivity index (χ2n) is 6.18. The Morgan fingerprint density at radius 1 is 1.24 bits per heavy atom. The third kappa shape index (κ3) is 3.59. The summed E-state index contributed by atoms with van der Waals surface area (Å²) in [6, 6.07) is 5.37. The molecule has 0 bridgehead atoms. The highest BCUT2D eigenvalue weighted by molar-refractivity contribution is 7.89. The molecule has 1 N–H and O–H groups in total. The van der Waals surface area contributed by atoms with Crippen LogP contribution >= 0.6 is 11.3 Å². The molecular formula is C16H19N5O2S2. The molecule has 0 saturated carbocycles. The maximum atomic E-state index is 12.7. The van der Waals surface area contributed by atoms with Gasteiger partial charge in [-0.2, -0.15) is 0 Å². The molecule has 0 atom stereocenters. The SMILES string of the molecule is O=S(=O)(NC1CCN(Cc2cscn2)CC1)c1cnc2ccccn12. The van der Waals surface area contributed by atoms with Gasteiger partial charge in [-0.3, -0.25) is 9.30 Å². The summed E-state index contributed by atoms with van der Waals surface area (Å²) in [4.78, 5) is 10.8. The van der Waals surface area contributed by atoms with Crippen LogP contribution in [-0.4, -0.2) is 46.8 Å². The fourth-order valence-electron chi connectivity index (χ4n) is 3.14. The van der Waals surface area contributed by atoms with E-state index in [1.54, 1.807) is 34.1 Å². The first kappa shape index (κ1) is 16.6. The van der Waals surface area contributed by atoms with Crippen LogP contribution in [0.2, 0.25) is 0 Å². The Hall–Kier alpha value is -1.81. The first-order chi connectivity index (χ1) is 12.1. The van der Waals surface area contributed by atoms with Crippen molar-refractivity contribution in [3.05, 3.63) is 47.2 Å². The molecule has 4 heterocycles. The van der Waals surface area contributed by atoms with Crippen LogP contribution in [-0.2, 0) is 16.6 Å². The molecule has 1 saturated heterocycles. The molecular weight excluding hydrogens is 358 g/mol.